The molecule has 0 radical (unpaired) electrons. The molecule has 1 aliphatic carbocycles. The fraction of sp³-hybridized carbons (Fsp3) is 0.583. The molecule has 76 valence electrons. The normalized spacial score (nSPS) is 26.7. The van der Waals surface area contributed by atoms with Gasteiger partial charge in [-0.2, -0.15) is 0 Å². The Morgan fingerprint density at radius 1 is 1.36 bits per heavy atom. The maximum Gasteiger partial charge on any atom is 0.0303 e. The lowest BCUT2D eigenvalue weighted by Gasteiger charge is -2.19. The van der Waals surface area contributed by atoms with Crippen LogP contribution >= 0.6 is 0 Å². The van der Waals surface area contributed by atoms with Crippen LogP contribution in [0, 0.1) is 6.92 Å². The molecule has 2 unspecified atom stereocenters. The van der Waals surface area contributed by atoms with Crippen LogP contribution in [0.1, 0.15) is 36.3 Å². The first kappa shape index (κ1) is 9.66. The summed E-state index contributed by atoms with van der Waals surface area (Å²) in [5.41, 5.74) is 2.67. The summed E-state index contributed by atoms with van der Waals surface area (Å²) in [6.07, 6.45) is 7.88. The maximum absolute atomic E-state index is 4.27. The van der Waals surface area contributed by atoms with E-state index in [1.165, 1.54) is 30.4 Å². The summed E-state index contributed by atoms with van der Waals surface area (Å²) in [7, 11) is 2.06. The number of hydrogen-bond acceptors (Lipinski definition) is 2. The van der Waals surface area contributed by atoms with Crippen LogP contribution < -0.4 is 5.32 Å². The Kier molecular flexibility index (Phi) is 2.82. The molecule has 1 aromatic heterocycles. The van der Waals surface area contributed by atoms with Crippen molar-refractivity contribution in [3.05, 3.63) is 29.6 Å². The summed E-state index contributed by atoms with van der Waals surface area (Å²) in [5.74, 6) is 0.674. The molecular weight excluding hydrogens is 172 g/mol. The van der Waals surface area contributed by atoms with E-state index in [1.807, 2.05) is 12.4 Å². The van der Waals surface area contributed by atoms with E-state index in [0.717, 1.165) is 0 Å². The Bertz CT molecular complexity index is 309. The second-order valence-electron chi connectivity index (χ2n) is 4.23. The van der Waals surface area contributed by atoms with Crippen molar-refractivity contribution in [3.63, 3.8) is 0 Å². The van der Waals surface area contributed by atoms with Gasteiger partial charge >= 0.3 is 0 Å². The topological polar surface area (TPSA) is 24.9 Å². The van der Waals surface area contributed by atoms with Crippen molar-refractivity contribution in [2.24, 2.45) is 0 Å². The Hall–Kier alpha value is -0.890. The molecule has 2 nitrogen and oxygen atoms in total. The van der Waals surface area contributed by atoms with E-state index in [2.05, 4.69) is 30.3 Å². The van der Waals surface area contributed by atoms with Gasteiger partial charge in [0.2, 0.25) is 0 Å². The van der Waals surface area contributed by atoms with Gasteiger partial charge in [-0.15, -0.1) is 0 Å². The number of aromatic nitrogens is 1. The first-order valence-corrected chi connectivity index (χ1v) is 5.40. The predicted molar refractivity (Wildman–Crippen MR) is 58.4 cm³/mol. The van der Waals surface area contributed by atoms with E-state index in [-0.39, 0.29) is 0 Å². The van der Waals surface area contributed by atoms with Gasteiger partial charge in [0.05, 0.1) is 0 Å². The smallest absolute Gasteiger partial charge is 0.0303 e. The average molecular weight is 190 g/mol. The van der Waals surface area contributed by atoms with Crippen LogP contribution in [-0.4, -0.2) is 18.1 Å². The zero-order valence-corrected chi connectivity index (χ0v) is 8.96. The fourth-order valence-corrected chi connectivity index (χ4v) is 2.49. The van der Waals surface area contributed by atoms with Crippen LogP contribution in [0.15, 0.2) is 18.5 Å². The van der Waals surface area contributed by atoms with Crippen LogP contribution in [0.25, 0.3) is 0 Å². The third kappa shape index (κ3) is 1.80. The van der Waals surface area contributed by atoms with Crippen LogP contribution in [0.4, 0.5) is 0 Å². The monoisotopic (exact) mass is 190 g/mol. The lowest BCUT2D eigenvalue weighted by Crippen LogP contribution is -2.27. The van der Waals surface area contributed by atoms with Crippen LogP contribution in [0.3, 0.4) is 0 Å². The molecule has 0 aliphatic heterocycles. The molecule has 2 rings (SSSR count). The Morgan fingerprint density at radius 2 is 2.21 bits per heavy atom. The number of nitrogens with zero attached hydrogens (tertiary/aromatic N) is 1. The molecule has 1 aromatic rings. The highest BCUT2D eigenvalue weighted by atomic mass is 14.9. The lowest BCUT2D eigenvalue weighted by molar-refractivity contribution is 0.521. The van der Waals surface area contributed by atoms with Gasteiger partial charge in [-0.3, -0.25) is 4.98 Å². The SMILES string of the molecule is CNC1CCCC1c1cncc(C)c1. The summed E-state index contributed by atoms with van der Waals surface area (Å²) in [4.78, 5) is 4.27. The molecule has 0 bridgehead atoms. The number of aryl methyl sites for hydroxylation is 1. The average Bonchev–Trinajstić information content (AvgIpc) is 2.65. The van der Waals surface area contributed by atoms with Gasteiger partial charge in [-0.1, -0.05) is 12.5 Å². The third-order valence-electron chi connectivity index (χ3n) is 3.21. The molecule has 1 heterocycles. The standard InChI is InChI=1S/C12H18N2/c1-9-6-10(8-14-7-9)11-4-3-5-12(11)13-2/h6-8,11-13H,3-5H2,1-2H3. The van der Waals surface area contributed by atoms with Gasteiger partial charge in [0.25, 0.3) is 0 Å². The van der Waals surface area contributed by atoms with Gasteiger partial charge in [-0.05, 0) is 37.9 Å². The second-order valence-corrected chi connectivity index (χ2v) is 4.23. The Morgan fingerprint density at radius 3 is 2.93 bits per heavy atom. The quantitative estimate of drug-likeness (QED) is 0.773. The maximum atomic E-state index is 4.27. The molecule has 2 heteroatoms. The summed E-state index contributed by atoms with van der Waals surface area (Å²) in [5, 5.41) is 3.40. The number of rotatable bonds is 2. The Labute approximate surface area is 85.7 Å². The first-order valence-electron chi connectivity index (χ1n) is 5.40. The highest BCUT2D eigenvalue weighted by molar-refractivity contribution is 5.23. The van der Waals surface area contributed by atoms with E-state index in [0.29, 0.717) is 12.0 Å². The molecule has 0 saturated heterocycles. The minimum atomic E-state index is 0.651. The molecule has 1 N–H and O–H groups in total. The second kappa shape index (κ2) is 4.09. The largest absolute Gasteiger partial charge is 0.316 e. The molecule has 0 spiro atoms. The van der Waals surface area contributed by atoms with Gasteiger partial charge in [-0.25, -0.2) is 0 Å². The molecule has 14 heavy (non-hydrogen) atoms. The zero-order chi connectivity index (χ0) is 9.97. The van der Waals surface area contributed by atoms with Crippen molar-refractivity contribution in [2.75, 3.05) is 7.05 Å². The van der Waals surface area contributed by atoms with Crippen molar-refractivity contribution in [1.29, 1.82) is 0 Å². The lowest BCUT2D eigenvalue weighted by atomic mass is 9.95. The summed E-state index contributed by atoms with van der Waals surface area (Å²) in [6, 6.07) is 2.92. The molecule has 1 saturated carbocycles. The van der Waals surface area contributed by atoms with E-state index < -0.39 is 0 Å². The zero-order valence-electron chi connectivity index (χ0n) is 8.96. The van der Waals surface area contributed by atoms with Gasteiger partial charge < -0.3 is 5.32 Å². The van der Waals surface area contributed by atoms with Gasteiger partial charge in [0.1, 0.15) is 0 Å². The van der Waals surface area contributed by atoms with Crippen LogP contribution in [0.2, 0.25) is 0 Å². The molecule has 1 aliphatic rings. The molecule has 1 fully saturated rings. The number of pyridine rings is 1. The minimum absolute atomic E-state index is 0.651. The molecule has 0 amide bonds. The van der Waals surface area contributed by atoms with E-state index >= 15 is 0 Å². The highest BCUT2D eigenvalue weighted by Crippen LogP contribution is 2.34. The van der Waals surface area contributed by atoms with Crippen molar-refractivity contribution < 1.29 is 0 Å². The number of likely N-dealkylation sites (N-methyl/N-ethyl adjacent to an activating group) is 1. The number of hydrogen-bond donors (Lipinski definition) is 1. The van der Waals surface area contributed by atoms with E-state index in [4.69, 9.17) is 0 Å². The van der Waals surface area contributed by atoms with Crippen molar-refractivity contribution >= 4 is 0 Å². The molecular formula is C12H18N2. The fourth-order valence-electron chi connectivity index (χ4n) is 2.49. The van der Waals surface area contributed by atoms with Gasteiger partial charge in [0, 0.05) is 24.4 Å². The highest BCUT2D eigenvalue weighted by Gasteiger charge is 2.27. The number of nitrogens with one attached hydrogen (secondary N) is 1. The molecule has 0 aromatic carbocycles. The minimum Gasteiger partial charge on any atom is -0.316 e. The van der Waals surface area contributed by atoms with Gasteiger partial charge in [0.15, 0.2) is 0 Å². The summed E-state index contributed by atoms with van der Waals surface area (Å²) in [6.45, 7) is 2.11. The summed E-state index contributed by atoms with van der Waals surface area (Å²) >= 11 is 0. The van der Waals surface area contributed by atoms with Crippen molar-refractivity contribution in [2.45, 2.75) is 38.1 Å². The van der Waals surface area contributed by atoms with Crippen molar-refractivity contribution in [1.82, 2.24) is 10.3 Å². The van der Waals surface area contributed by atoms with Crippen LogP contribution in [-0.2, 0) is 0 Å². The van der Waals surface area contributed by atoms with E-state index in [1.54, 1.807) is 0 Å². The van der Waals surface area contributed by atoms with Crippen molar-refractivity contribution in [3.8, 4) is 0 Å². The van der Waals surface area contributed by atoms with E-state index in [9.17, 15) is 0 Å². The third-order valence-corrected chi connectivity index (χ3v) is 3.21. The summed E-state index contributed by atoms with van der Waals surface area (Å²) < 4.78 is 0. The molecule has 2 atom stereocenters. The Balaban J connectivity index is 2.21. The predicted octanol–water partition coefficient (Wildman–Crippen LogP) is 2.25. The first-order chi connectivity index (χ1) is 6.81. The van der Waals surface area contributed by atoms with Crippen LogP contribution in [0.5, 0.6) is 0 Å².